The summed E-state index contributed by atoms with van der Waals surface area (Å²) in [5.74, 6) is -0.695. The van der Waals surface area contributed by atoms with Crippen LogP contribution in [0.3, 0.4) is 0 Å². The fourth-order valence-corrected chi connectivity index (χ4v) is 4.44. The highest BCUT2D eigenvalue weighted by atomic mass is 32.2. The third-order valence-corrected chi connectivity index (χ3v) is 6.25. The van der Waals surface area contributed by atoms with Crippen molar-refractivity contribution in [1.29, 1.82) is 0 Å². The zero-order valence-electron chi connectivity index (χ0n) is 15.8. The van der Waals surface area contributed by atoms with E-state index in [1.54, 1.807) is 24.5 Å². The van der Waals surface area contributed by atoms with Crippen LogP contribution in [0.25, 0.3) is 0 Å². The molecule has 0 aliphatic heterocycles. The monoisotopic (exact) mass is 398 g/mol. The Morgan fingerprint density at radius 3 is 2.21 bits per heavy atom. The highest BCUT2D eigenvalue weighted by molar-refractivity contribution is 7.88. The van der Waals surface area contributed by atoms with Crippen molar-refractivity contribution in [2.75, 3.05) is 0 Å². The Hall–Kier alpha value is -2.57. The first-order chi connectivity index (χ1) is 13.5. The molecule has 28 heavy (non-hydrogen) atoms. The molecule has 0 radical (unpaired) electrons. The molecular weight excluding hydrogens is 375 g/mol. The fourth-order valence-electron chi connectivity index (χ4n) is 2.96. The Labute approximate surface area is 165 Å². The normalized spacial score (nSPS) is 11.7. The van der Waals surface area contributed by atoms with Gasteiger partial charge in [0.15, 0.2) is 0 Å². The van der Waals surface area contributed by atoms with Crippen molar-refractivity contribution in [3.63, 3.8) is 0 Å². The Kier molecular flexibility index (Phi) is 6.54. The van der Waals surface area contributed by atoms with Gasteiger partial charge in [-0.05, 0) is 46.9 Å². The van der Waals surface area contributed by atoms with E-state index in [0.29, 0.717) is 5.56 Å². The van der Waals surface area contributed by atoms with Gasteiger partial charge in [-0.3, -0.25) is 4.98 Å². The average Bonchev–Trinajstić information content (AvgIpc) is 2.68. The summed E-state index contributed by atoms with van der Waals surface area (Å²) in [6.07, 6.45) is 4.24. The van der Waals surface area contributed by atoms with Gasteiger partial charge in [0.05, 0.1) is 5.75 Å². The van der Waals surface area contributed by atoms with E-state index in [0.717, 1.165) is 17.5 Å². The van der Waals surface area contributed by atoms with Crippen molar-refractivity contribution in [3.05, 3.63) is 101 Å². The summed E-state index contributed by atoms with van der Waals surface area (Å²) in [6, 6.07) is 17.3. The second-order valence-corrected chi connectivity index (χ2v) is 8.65. The summed E-state index contributed by atoms with van der Waals surface area (Å²) in [5.41, 5.74) is 3.34. The molecular formula is C22H23FN2O2S. The van der Waals surface area contributed by atoms with Gasteiger partial charge >= 0.3 is 0 Å². The fraction of sp³-hybridized carbons (Fsp3) is 0.227. The van der Waals surface area contributed by atoms with Crippen LogP contribution in [-0.2, 0) is 35.3 Å². The molecule has 0 spiro atoms. The van der Waals surface area contributed by atoms with Gasteiger partial charge < -0.3 is 0 Å². The van der Waals surface area contributed by atoms with Crippen LogP contribution in [0, 0.1) is 5.82 Å². The van der Waals surface area contributed by atoms with Crippen molar-refractivity contribution in [1.82, 2.24) is 9.29 Å². The molecule has 0 aliphatic rings. The molecule has 0 bridgehead atoms. The number of pyridine rings is 1. The van der Waals surface area contributed by atoms with Crippen LogP contribution in [0.2, 0.25) is 0 Å². The zero-order chi connectivity index (χ0) is 20.0. The third kappa shape index (κ3) is 5.47. The number of aryl methyl sites for hydroxylation is 1. The second-order valence-electron chi connectivity index (χ2n) is 6.69. The first-order valence-corrected chi connectivity index (χ1v) is 10.8. The summed E-state index contributed by atoms with van der Waals surface area (Å²) in [5, 5.41) is 0. The molecule has 0 amide bonds. The SMILES string of the molecule is CCc1ccc(CN(Cc2cccnc2)S(=O)(=O)Cc2cccc(F)c2)cc1. The highest BCUT2D eigenvalue weighted by Gasteiger charge is 2.23. The molecule has 146 valence electrons. The lowest BCUT2D eigenvalue weighted by molar-refractivity contribution is 0.400. The van der Waals surface area contributed by atoms with Crippen LogP contribution in [0.5, 0.6) is 0 Å². The van der Waals surface area contributed by atoms with E-state index in [-0.39, 0.29) is 18.8 Å². The van der Waals surface area contributed by atoms with Crippen LogP contribution < -0.4 is 0 Å². The molecule has 0 saturated heterocycles. The number of hydrogen-bond acceptors (Lipinski definition) is 3. The maximum atomic E-state index is 13.5. The predicted octanol–water partition coefficient (Wildman–Crippen LogP) is 4.32. The lowest BCUT2D eigenvalue weighted by atomic mass is 10.1. The summed E-state index contributed by atoms with van der Waals surface area (Å²) >= 11 is 0. The maximum Gasteiger partial charge on any atom is 0.218 e. The van der Waals surface area contributed by atoms with Crippen molar-refractivity contribution in [2.45, 2.75) is 32.2 Å². The number of benzene rings is 2. The van der Waals surface area contributed by atoms with Gasteiger partial charge in [0, 0.05) is 25.5 Å². The van der Waals surface area contributed by atoms with Gasteiger partial charge in [0.25, 0.3) is 0 Å². The first kappa shape index (κ1) is 20.2. The molecule has 0 unspecified atom stereocenters. The smallest absolute Gasteiger partial charge is 0.218 e. The standard InChI is InChI=1S/C22H23FN2O2S/c1-2-18-8-10-19(11-9-18)15-25(16-21-6-4-12-24-14-21)28(26,27)17-20-5-3-7-22(23)13-20/h3-14H,2,15-17H2,1H3. The number of hydrogen-bond donors (Lipinski definition) is 0. The van der Waals surface area contributed by atoms with E-state index < -0.39 is 15.8 Å². The van der Waals surface area contributed by atoms with Gasteiger partial charge in [0.2, 0.25) is 10.0 Å². The number of halogens is 1. The largest absolute Gasteiger partial charge is 0.264 e. The van der Waals surface area contributed by atoms with Crippen LogP contribution in [0.15, 0.2) is 73.1 Å². The first-order valence-electron chi connectivity index (χ1n) is 9.15. The van der Waals surface area contributed by atoms with Crippen LogP contribution in [0.4, 0.5) is 4.39 Å². The van der Waals surface area contributed by atoms with Crippen LogP contribution in [0.1, 0.15) is 29.2 Å². The van der Waals surface area contributed by atoms with Gasteiger partial charge in [-0.1, -0.05) is 49.4 Å². The van der Waals surface area contributed by atoms with Gasteiger partial charge in [0.1, 0.15) is 5.82 Å². The van der Waals surface area contributed by atoms with E-state index in [4.69, 9.17) is 0 Å². The topological polar surface area (TPSA) is 50.3 Å². The summed E-state index contributed by atoms with van der Waals surface area (Å²) < 4.78 is 41.2. The van der Waals surface area contributed by atoms with Gasteiger partial charge in [-0.2, -0.15) is 4.31 Å². The second kappa shape index (κ2) is 9.08. The van der Waals surface area contributed by atoms with E-state index >= 15 is 0 Å². The van der Waals surface area contributed by atoms with Crippen LogP contribution >= 0.6 is 0 Å². The molecule has 3 rings (SSSR count). The van der Waals surface area contributed by atoms with Gasteiger partial charge in [-0.25, -0.2) is 12.8 Å². The minimum atomic E-state index is -3.67. The molecule has 0 atom stereocenters. The van der Waals surface area contributed by atoms with Gasteiger partial charge in [-0.15, -0.1) is 0 Å². The molecule has 0 N–H and O–H groups in total. The zero-order valence-corrected chi connectivity index (χ0v) is 16.6. The Morgan fingerprint density at radius 2 is 1.57 bits per heavy atom. The molecule has 0 fully saturated rings. The van der Waals surface area contributed by atoms with Crippen LogP contribution in [-0.4, -0.2) is 17.7 Å². The summed E-state index contributed by atoms with van der Waals surface area (Å²) in [7, 11) is -3.67. The van der Waals surface area contributed by atoms with Crippen molar-refractivity contribution in [2.24, 2.45) is 0 Å². The third-order valence-electron chi connectivity index (χ3n) is 4.50. The highest BCUT2D eigenvalue weighted by Crippen LogP contribution is 2.19. The minimum Gasteiger partial charge on any atom is -0.264 e. The van der Waals surface area contributed by atoms with Crippen molar-refractivity contribution >= 4 is 10.0 Å². The molecule has 4 nitrogen and oxygen atoms in total. The lowest BCUT2D eigenvalue weighted by Gasteiger charge is -2.22. The lowest BCUT2D eigenvalue weighted by Crippen LogP contribution is -2.31. The van der Waals surface area contributed by atoms with E-state index in [1.165, 1.54) is 28.1 Å². The van der Waals surface area contributed by atoms with Crippen molar-refractivity contribution < 1.29 is 12.8 Å². The predicted molar refractivity (Wildman–Crippen MR) is 108 cm³/mol. The summed E-state index contributed by atoms with van der Waals surface area (Å²) in [4.78, 5) is 4.07. The molecule has 1 aromatic heterocycles. The Balaban J connectivity index is 1.87. The number of rotatable bonds is 8. The molecule has 3 aromatic rings. The minimum absolute atomic E-state index is 0.209. The molecule has 0 saturated carbocycles. The molecule has 2 aromatic carbocycles. The van der Waals surface area contributed by atoms with E-state index in [1.807, 2.05) is 30.3 Å². The van der Waals surface area contributed by atoms with E-state index in [9.17, 15) is 12.8 Å². The molecule has 0 aliphatic carbocycles. The molecule has 6 heteroatoms. The number of aromatic nitrogens is 1. The average molecular weight is 399 g/mol. The maximum absolute atomic E-state index is 13.5. The summed E-state index contributed by atoms with van der Waals surface area (Å²) in [6.45, 7) is 2.53. The Bertz CT molecular complexity index is 1010. The van der Waals surface area contributed by atoms with Crippen molar-refractivity contribution in [3.8, 4) is 0 Å². The number of sulfonamides is 1. The molecule has 1 heterocycles. The quantitative estimate of drug-likeness (QED) is 0.568. The van der Waals surface area contributed by atoms with E-state index in [2.05, 4.69) is 11.9 Å². The number of nitrogens with zero attached hydrogens (tertiary/aromatic N) is 2. The Morgan fingerprint density at radius 1 is 0.893 bits per heavy atom.